The average molecular weight is 389 g/mol. The summed E-state index contributed by atoms with van der Waals surface area (Å²) in [6, 6.07) is 0. The summed E-state index contributed by atoms with van der Waals surface area (Å²) in [4.78, 5) is 32.7. The van der Waals surface area contributed by atoms with Crippen LogP contribution in [0.4, 0.5) is 0 Å². The summed E-state index contributed by atoms with van der Waals surface area (Å²) in [7, 11) is 0. The topological polar surface area (TPSA) is 112 Å². The molecular weight excluding hydrogens is 350 g/mol. The fourth-order valence-electron chi connectivity index (χ4n) is 3.60. The smallest absolute Gasteiger partial charge is 0.303 e. The Kier molecular flexibility index (Phi) is 14.5. The minimum Gasteiger partial charge on any atom is -0.481 e. The lowest BCUT2D eigenvalue weighted by Gasteiger charge is -2.39. The standard InChI is InChI=1S/C20H37NO6/c1-2-3-4-5-6-7-14-21(15-8-11-18(22)23,16-9-12-19(24)25)17-10-13-20(26)27/h2-17H2,1H3,(H2-,22,23,24,25,26,27)/p+1. The van der Waals surface area contributed by atoms with E-state index in [2.05, 4.69) is 6.92 Å². The second-order valence-corrected chi connectivity index (χ2v) is 7.50. The Morgan fingerprint density at radius 2 is 0.889 bits per heavy atom. The molecular formula is C20H38NO6+. The van der Waals surface area contributed by atoms with Gasteiger partial charge in [-0.2, -0.15) is 0 Å². The molecule has 0 radical (unpaired) electrons. The molecule has 0 aliphatic heterocycles. The fraction of sp³-hybridized carbons (Fsp3) is 0.850. The average Bonchev–Trinajstić information content (AvgIpc) is 2.57. The molecule has 0 rings (SSSR count). The first-order chi connectivity index (χ1) is 12.8. The summed E-state index contributed by atoms with van der Waals surface area (Å²) in [6.07, 6.45) is 8.81. The number of aliphatic carboxylic acids is 3. The second-order valence-electron chi connectivity index (χ2n) is 7.50. The van der Waals surface area contributed by atoms with Gasteiger partial charge >= 0.3 is 17.9 Å². The Balaban J connectivity index is 4.83. The van der Waals surface area contributed by atoms with Crippen molar-refractivity contribution in [2.24, 2.45) is 0 Å². The highest BCUT2D eigenvalue weighted by atomic mass is 16.4. The van der Waals surface area contributed by atoms with Crippen LogP contribution in [0.2, 0.25) is 0 Å². The molecule has 7 nitrogen and oxygen atoms in total. The van der Waals surface area contributed by atoms with E-state index in [-0.39, 0.29) is 19.3 Å². The minimum atomic E-state index is -0.830. The molecule has 7 heteroatoms. The van der Waals surface area contributed by atoms with Gasteiger partial charge in [0.05, 0.1) is 45.4 Å². The highest BCUT2D eigenvalue weighted by Gasteiger charge is 2.27. The Morgan fingerprint density at radius 1 is 0.556 bits per heavy atom. The normalized spacial score (nSPS) is 11.4. The van der Waals surface area contributed by atoms with Crippen LogP contribution in [0.5, 0.6) is 0 Å². The third-order valence-electron chi connectivity index (χ3n) is 5.06. The van der Waals surface area contributed by atoms with Gasteiger partial charge in [-0.1, -0.05) is 32.6 Å². The van der Waals surface area contributed by atoms with Gasteiger partial charge in [-0.15, -0.1) is 0 Å². The molecule has 0 amide bonds. The predicted molar refractivity (Wildman–Crippen MR) is 104 cm³/mol. The Hall–Kier alpha value is -1.63. The number of carboxylic acid groups (broad SMARTS) is 3. The Labute approximate surface area is 163 Å². The van der Waals surface area contributed by atoms with Crippen molar-refractivity contribution >= 4 is 17.9 Å². The molecule has 0 aromatic heterocycles. The van der Waals surface area contributed by atoms with Crippen LogP contribution in [0.1, 0.15) is 84.0 Å². The Bertz CT molecular complexity index is 388. The maximum atomic E-state index is 10.9. The van der Waals surface area contributed by atoms with Crippen molar-refractivity contribution in [2.75, 3.05) is 26.2 Å². The van der Waals surface area contributed by atoms with E-state index in [9.17, 15) is 14.4 Å². The summed E-state index contributed by atoms with van der Waals surface area (Å²) in [6.45, 7) is 5.04. The zero-order chi connectivity index (χ0) is 20.5. The number of quaternary nitrogens is 1. The van der Waals surface area contributed by atoms with Crippen LogP contribution in [0.3, 0.4) is 0 Å². The van der Waals surface area contributed by atoms with E-state index in [4.69, 9.17) is 15.3 Å². The molecule has 0 aromatic rings. The van der Waals surface area contributed by atoms with Crippen LogP contribution < -0.4 is 0 Å². The van der Waals surface area contributed by atoms with Gasteiger partial charge in [0.1, 0.15) is 0 Å². The lowest BCUT2D eigenvalue weighted by Crippen LogP contribution is -2.51. The van der Waals surface area contributed by atoms with Crippen molar-refractivity contribution in [2.45, 2.75) is 84.0 Å². The van der Waals surface area contributed by atoms with Crippen molar-refractivity contribution in [3.05, 3.63) is 0 Å². The first-order valence-corrected chi connectivity index (χ1v) is 10.3. The largest absolute Gasteiger partial charge is 0.481 e. The molecule has 0 aliphatic carbocycles. The van der Waals surface area contributed by atoms with Crippen LogP contribution in [-0.4, -0.2) is 63.9 Å². The first kappa shape index (κ1) is 25.4. The summed E-state index contributed by atoms with van der Waals surface area (Å²) >= 11 is 0. The number of unbranched alkanes of at least 4 members (excludes halogenated alkanes) is 5. The van der Waals surface area contributed by atoms with Crippen molar-refractivity contribution in [3.8, 4) is 0 Å². The number of hydrogen-bond acceptors (Lipinski definition) is 3. The summed E-state index contributed by atoms with van der Waals surface area (Å²) in [5.41, 5.74) is 0. The number of nitrogens with zero attached hydrogens (tertiary/aromatic N) is 1. The molecule has 3 N–H and O–H groups in total. The van der Waals surface area contributed by atoms with Gasteiger partial charge in [0.15, 0.2) is 0 Å². The van der Waals surface area contributed by atoms with Crippen molar-refractivity contribution in [1.29, 1.82) is 0 Å². The quantitative estimate of drug-likeness (QED) is 0.229. The maximum absolute atomic E-state index is 10.9. The van der Waals surface area contributed by atoms with Crippen LogP contribution >= 0.6 is 0 Å². The van der Waals surface area contributed by atoms with E-state index in [0.29, 0.717) is 43.4 Å². The molecule has 0 saturated heterocycles. The summed E-state index contributed by atoms with van der Waals surface area (Å²) < 4.78 is 0.640. The molecule has 0 bridgehead atoms. The zero-order valence-electron chi connectivity index (χ0n) is 16.8. The first-order valence-electron chi connectivity index (χ1n) is 10.3. The van der Waals surface area contributed by atoms with Gasteiger partial charge in [0, 0.05) is 19.3 Å². The molecule has 0 saturated carbocycles. The van der Waals surface area contributed by atoms with Crippen LogP contribution in [-0.2, 0) is 14.4 Å². The molecule has 0 aromatic carbocycles. The molecule has 158 valence electrons. The molecule has 0 aliphatic rings. The van der Waals surface area contributed by atoms with Gasteiger partial charge in [0.25, 0.3) is 0 Å². The SMILES string of the molecule is CCCCCCCC[N+](CCCC(=O)O)(CCCC(=O)O)CCCC(=O)O. The number of hydrogen-bond donors (Lipinski definition) is 3. The van der Waals surface area contributed by atoms with E-state index >= 15 is 0 Å². The third kappa shape index (κ3) is 15.2. The Morgan fingerprint density at radius 3 is 1.26 bits per heavy atom. The zero-order valence-corrected chi connectivity index (χ0v) is 16.8. The lowest BCUT2D eigenvalue weighted by atomic mass is 10.1. The van der Waals surface area contributed by atoms with Gasteiger partial charge in [-0.3, -0.25) is 14.4 Å². The van der Waals surface area contributed by atoms with Gasteiger partial charge in [-0.25, -0.2) is 0 Å². The fourth-order valence-corrected chi connectivity index (χ4v) is 3.60. The second kappa shape index (κ2) is 15.4. The number of carboxylic acids is 3. The summed E-state index contributed by atoms with van der Waals surface area (Å²) in [5, 5.41) is 26.8. The van der Waals surface area contributed by atoms with Crippen LogP contribution in [0, 0.1) is 0 Å². The van der Waals surface area contributed by atoms with Gasteiger partial charge in [-0.05, 0) is 12.8 Å². The van der Waals surface area contributed by atoms with Crippen LogP contribution in [0.25, 0.3) is 0 Å². The predicted octanol–water partition coefficient (Wildman–Crippen LogP) is 3.76. The molecule has 0 atom stereocenters. The van der Waals surface area contributed by atoms with E-state index in [1.54, 1.807) is 0 Å². The lowest BCUT2D eigenvalue weighted by molar-refractivity contribution is -0.929. The van der Waals surface area contributed by atoms with Crippen molar-refractivity contribution < 1.29 is 34.2 Å². The number of rotatable bonds is 19. The molecule has 27 heavy (non-hydrogen) atoms. The highest BCUT2D eigenvalue weighted by molar-refractivity contribution is 5.67. The number of carbonyl (C=O) groups is 3. The summed E-state index contributed by atoms with van der Waals surface area (Å²) in [5.74, 6) is -2.49. The van der Waals surface area contributed by atoms with E-state index in [1.165, 1.54) is 25.7 Å². The minimum absolute atomic E-state index is 0.0916. The van der Waals surface area contributed by atoms with E-state index in [1.807, 2.05) is 0 Å². The van der Waals surface area contributed by atoms with Crippen LogP contribution in [0.15, 0.2) is 0 Å². The molecule has 0 unspecified atom stereocenters. The monoisotopic (exact) mass is 388 g/mol. The molecule has 0 fully saturated rings. The third-order valence-corrected chi connectivity index (χ3v) is 5.06. The molecule has 0 spiro atoms. The molecule has 0 heterocycles. The van der Waals surface area contributed by atoms with Crippen molar-refractivity contribution in [1.82, 2.24) is 0 Å². The van der Waals surface area contributed by atoms with E-state index < -0.39 is 17.9 Å². The van der Waals surface area contributed by atoms with E-state index in [0.717, 1.165) is 19.4 Å². The van der Waals surface area contributed by atoms with Gasteiger partial charge < -0.3 is 19.8 Å². The maximum Gasteiger partial charge on any atom is 0.303 e. The van der Waals surface area contributed by atoms with Crippen molar-refractivity contribution in [3.63, 3.8) is 0 Å². The van der Waals surface area contributed by atoms with Gasteiger partial charge in [0.2, 0.25) is 0 Å². The highest BCUT2D eigenvalue weighted by Crippen LogP contribution is 2.18.